The van der Waals surface area contributed by atoms with Crippen molar-refractivity contribution in [3.63, 3.8) is 0 Å². The topological polar surface area (TPSA) is 33.5 Å². The van der Waals surface area contributed by atoms with E-state index in [9.17, 15) is 18.0 Å². The molecule has 0 saturated heterocycles. The molecule has 0 saturated carbocycles. The lowest BCUT2D eigenvalue weighted by Gasteiger charge is -2.26. The quantitative estimate of drug-likeness (QED) is 0.604. The first kappa shape index (κ1) is 12.7. The number of nitrogens with zero attached hydrogens (tertiary/aromatic N) is 1. The summed E-state index contributed by atoms with van der Waals surface area (Å²) in [5.74, 6) is 0.443. The molecule has 1 aliphatic heterocycles. The largest absolute Gasteiger partial charge is 0.437 e. The maximum absolute atomic E-state index is 12.4. The van der Waals surface area contributed by atoms with Crippen LogP contribution >= 0.6 is 0 Å². The zero-order valence-corrected chi connectivity index (χ0v) is 9.75. The van der Waals surface area contributed by atoms with Crippen LogP contribution in [-0.4, -0.2) is 25.0 Å². The zero-order valence-electron chi connectivity index (χ0n) is 9.75. The average molecular weight is 259 g/mol. The van der Waals surface area contributed by atoms with Gasteiger partial charge in [-0.2, -0.15) is 13.2 Å². The fourth-order valence-corrected chi connectivity index (χ4v) is 1.81. The summed E-state index contributed by atoms with van der Waals surface area (Å²) in [6.07, 6.45) is -3.17. The lowest BCUT2D eigenvalue weighted by Crippen LogP contribution is -2.31. The van der Waals surface area contributed by atoms with Crippen molar-refractivity contribution in [1.29, 1.82) is 0 Å². The highest BCUT2D eigenvalue weighted by Gasteiger charge is 2.35. The third-order valence-corrected chi connectivity index (χ3v) is 2.82. The van der Waals surface area contributed by atoms with Crippen LogP contribution in [0.3, 0.4) is 0 Å². The number of halogens is 3. The lowest BCUT2D eigenvalue weighted by atomic mass is 10.1. The molecule has 0 unspecified atom stereocenters. The Balaban J connectivity index is 2.09. The molecule has 2 rings (SSSR count). The van der Waals surface area contributed by atoms with E-state index in [0.29, 0.717) is 5.88 Å². The van der Waals surface area contributed by atoms with E-state index >= 15 is 0 Å². The number of hydrogen-bond acceptors (Lipinski definition) is 3. The molecule has 6 heteroatoms. The highest BCUT2D eigenvalue weighted by Crippen LogP contribution is 2.31. The maximum atomic E-state index is 12.4. The highest BCUT2D eigenvalue weighted by molar-refractivity contribution is 5.91. The second kappa shape index (κ2) is 4.51. The van der Waals surface area contributed by atoms with Gasteiger partial charge in [0.05, 0.1) is 0 Å². The van der Waals surface area contributed by atoms with Crippen LogP contribution in [0.4, 0.5) is 19.1 Å². The minimum Gasteiger partial charge on any atom is -0.437 e. The van der Waals surface area contributed by atoms with E-state index in [0.717, 1.165) is 6.08 Å². The van der Waals surface area contributed by atoms with E-state index in [1.165, 1.54) is 13.0 Å². The van der Waals surface area contributed by atoms with Crippen LogP contribution in [0, 0.1) is 0 Å². The number of furan rings is 1. The number of carbonyl (C=O) groups is 1. The first-order valence-electron chi connectivity index (χ1n) is 5.50. The molecule has 0 bridgehead atoms. The minimum atomic E-state index is -4.25. The molecule has 0 fully saturated rings. The summed E-state index contributed by atoms with van der Waals surface area (Å²) in [6, 6.07) is 3.13. The van der Waals surface area contributed by atoms with E-state index in [-0.39, 0.29) is 31.1 Å². The predicted molar refractivity (Wildman–Crippen MR) is 59.7 cm³/mol. The van der Waals surface area contributed by atoms with Crippen LogP contribution in [-0.2, 0) is 0 Å². The van der Waals surface area contributed by atoms with E-state index in [1.807, 2.05) is 0 Å². The molecule has 0 atom stereocenters. The molecule has 98 valence electrons. The standard InChI is InChI=1S/C12H12F3NO2/c1-8(17)10-2-3-11(18-10)16-6-4-9(5-7-16)12(13,14)15/h2-4H,5-7H2,1H3. The number of anilines is 1. The molecule has 0 aliphatic carbocycles. The summed E-state index contributed by atoms with van der Waals surface area (Å²) in [4.78, 5) is 12.7. The number of hydrogen-bond donors (Lipinski definition) is 0. The first-order chi connectivity index (χ1) is 8.38. The Bertz CT molecular complexity index is 488. The zero-order chi connectivity index (χ0) is 13.3. The Kier molecular flexibility index (Phi) is 3.19. The summed E-state index contributed by atoms with van der Waals surface area (Å²) in [5, 5.41) is 0. The van der Waals surface area contributed by atoms with E-state index < -0.39 is 11.7 Å². The van der Waals surface area contributed by atoms with Gasteiger partial charge < -0.3 is 9.32 Å². The summed E-state index contributed by atoms with van der Waals surface area (Å²) in [5.41, 5.74) is -0.503. The Labute approximate surface area is 102 Å². The van der Waals surface area contributed by atoms with Crippen LogP contribution < -0.4 is 4.90 Å². The smallest absolute Gasteiger partial charge is 0.412 e. The Morgan fingerprint density at radius 3 is 2.56 bits per heavy atom. The number of alkyl halides is 3. The average Bonchev–Trinajstić information content (AvgIpc) is 2.77. The molecule has 1 aliphatic rings. The van der Waals surface area contributed by atoms with Crippen LogP contribution in [0.5, 0.6) is 0 Å². The fourth-order valence-electron chi connectivity index (χ4n) is 1.81. The van der Waals surface area contributed by atoms with Gasteiger partial charge in [-0.25, -0.2) is 0 Å². The van der Waals surface area contributed by atoms with E-state index in [2.05, 4.69) is 0 Å². The van der Waals surface area contributed by atoms with Gasteiger partial charge in [-0.15, -0.1) is 0 Å². The van der Waals surface area contributed by atoms with Gasteiger partial charge in [-0.05, 0) is 12.5 Å². The number of ketones is 1. The van der Waals surface area contributed by atoms with Crippen molar-refractivity contribution in [3.8, 4) is 0 Å². The van der Waals surface area contributed by atoms with Crippen molar-refractivity contribution in [2.24, 2.45) is 0 Å². The molecule has 1 aromatic rings. The van der Waals surface area contributed by atoms with Crippen molar-refractivity contribution in [1.82, 2.24) is 0 Å². The number of rotatable bonds is 2. The normalized spacial score (nSPS) is 16.7. The van der Waals surface area contributed by atoms with Gasteiger partial charge in [-0.1, -0.05) is 6.08 Å². The molecule has 0 radical (unpaired) electrons. The highest BCUT2D eigenvalue weighted by atomic mass is 19.4. The Hall–Kier alpha value is -1.72. The second-order valence-corrected chi connectivity index (χ2v) is 4.12. The summed E-state index contributed by atoms with van der Waals surface area (Å²) in [7, 11) is 0. The van der Waals surface area contributed by atoms with Crippen molar-refractivity contribution in [3.05, 3.63) is 29.5 Å². The molecule has 0 amide bonds. The van der Waals surface area contributed by atoms with Gasteiger partial charge >= 0.3 is 6.18 Å². The minimum absolute atomic E-state index is 0.0698. The van der Waals surface area contributed by atoms with Gasteiger partial charge in [0.15, 0.2) is 17.4 Å². The van der Waals surface area contributed by atoms with Gasteiger partial charge in [0.2, 0.25) is 0 Å². The van der Waals surface area contributed by atoms with Gasteiger partial charge in [0, 0.05) is 31.7 Å². The number of Topliss-reactive ketones (excluding diaryl/α,β-unsaturated/α-hetero) is 1. The predicted octanol–water partition coefficient (Wildman–Crippen LogP) is 3.18. The summed E-state index contributed by atoms with van der Waals surface area (Å²) < 4.78 is 42.5. The fraction of sp³-hybridized carbons (Fsp3) is 0.417. The molecular formula is C12H12F3NO2. The van der Waals surface area contributed by atoms with Crippen molar-refractivity contribution in [2.75, 3.05) is 18.0 Å². The number of carbonyl (C=O) groups excluding carboxylic acids is 1. The lowest BCUT2D eigenvalue weighted by molar-refractivity contribution is -0.0944. The molecule has 0 aromatic carbocycles. The van der Waals surface area contributed by atoms with Crippen molar-refractivity contribution < 1.29 is 22.4 Å². The summed E-state index contributed by atoms with van der Waals surface area (Å²) in [6.45, 7) is 1.75. The Morgan fingerprint density at radius 1 is 1.39 bits per heavy atom. The van der Waals surface area contributed by atoms with Gasteiger partial charge in [0.25, 0.3) is 0 Å². The summed E-state index contributed by atoms with van der Waals surface area (Å²) >= 11 is 0. The third-order valence-electron chi connectivity index (χ3n) is 2.82. The van der Waals surface area contributed by atoms with Crippen LogP contribution in [0.15, 0.2) is 28.2 Å². The molecule has 0 N–H and O–H groups in total. The molecule has 2 heterocycles. The van der Waals surface area contributed by atoms with E-state index in [4.69, 9.17) is 4.42 Å². The molecule has 3 nitrogen and oxygen atoms in total. The Morgan fingerprint density at radius 2 is 2.11 bits per heavy atom. The third kappa shape index (κ3) is 2.57. The van der Waals surface area contributed by atoms with Gasteiger partial charge in [0.1, 0.15) is 0 Å². The maximum Gasteiger partial charge on any atom is 0.412 e. The molecule has 1 aromatic heterocycles. The second-order valence-electron chi connectivity index (χ2n) is 4.12. The SMILES string of the molecule is CC(=O)c1ccc(N2CC=C(C(F)(F)F)CC2)o1. The van der Waals surface area contributed by atoms with Gasteiger partial charge in [-0.3, -0.25) is 4.79 Å². The van der Waals surface area contributed by atoms with Crippen LogP contribution in [0.1, 0.15) is 23.9 Å². The molecular weight excluding hydrogens is 247 g/mol. The van der Waals surface area contributed by atoms with Crippen LogP contribution in [0.2, 0.25) is 0 Å². The monoisotopic (exact) mass is 259 g/mol. The first-order valence-corrected chi connectivity index (χ1v) is 5.50. The molecule has 18 heavy (non-hydrogen) atoms. The van der Waals surface area contributed by atoms with Crippen molar-refractivity contribution >= 4 is 11.7 Å². The molecule has 0 spiro atoms. The van der Waals surface area contributed by atoms with Crippen LogP contribution in [0.25, 0.3) is 0 Å². The van der Waals surface area contributed by atoms with Crippen molar-refractivity contribution in [2.45, 2.75) is 19.5 Å². The van der Waals surface area contributed by atoms with E-state index in [1.54, 1.807) is 11.0 Å².